The molecule has 0 unspecified atom stereocenters. The summed E-state index contributed by atoms with van der Waals surface area (Å²) in [6.07, 6.45) is 9.32. The Hall–Kier alpha value is -1.06. The summed E-state index contributed by atoms with van der Waals surface area (Å²) in [7, 11) is 0. The largest absolute Gasteiger partial charge is 0.481 e. The fraction of sp³-hybridized carbons (Fsp3) is 0.857. The Balaban J connectivity index is 1.78. The number of hydrogen-bond donors (Lipinski definition) is 2. The first-order valence-corrected chi connectivity index (χ1v) is 7.15. The van der Waals surface area contributed by atoms with Crippen molar-refractivity contribution < 1.29 is 14.7 Å². The lowest BCUT2D eigenvalue weighted by Gasteiger charge is -2.20. The molecule has 0 atom stereocenters. The second-order valence-electron chi connectivity index (χ2n) is 5.85. The molecule has 4 heteroatoms. The quantitative estimate of drug-likeness (QED) is 0.808. The predicted octanol–water partition coefficient (Wildman–Crippen LogP) is 2.33. The Morgan fingerprint density at radius 3 is 2.11 bits per heavy atom. The molecule has 0 bridgehead atoms. The van der Waals surface area contributed by atoms with Crippen molar-refractivity contribution in [3.8, 4) is 0 Å². The Labute approximate surface area is 108 Å². The average Bonchev–Trinajstić information content (AvgIpc) is 3.06. The van der Waals surface area contributed by atoms with E-state index in [1.165, 1.54) is 19.3 Å². The van der Waals surface area contributed by atoms with Gasteiger partial charge in [0.1, 0.15) is 0 Å². The fourth-order valence-corrected chi connectivity index (χ4v) is 2.74. The van der Waals surface area contributed by atoms with Gasteiger partial charge in [0.05, 0.1) is 5.41 Å². The highest BCUT2D eigenvalue weighted by molar-refractivity contribution is 5.82. The number of carboxylic acids is 1. The molecule has 0 aromatic rings. The summed E-state index contributed by atoms with van der Waals surface area (Å²) in [5.41, 5.74) is -0.642. The Bertz CT molecular complexity index is 315. The fourth-order valence-electron chi connectivity index (χ4n) is 2.74. The molecule has 0 heterocycles. The molecule has 0 spiro atoms. The van der Waals surface area contributed by atoms with Crippen molar-refractivity contribution in [2.45, 2.75) is 57.8 Å². The van der Waals surface area contributed by atoms with Crippen molar-refractivity contribution in [2.24, 2.45) is 11.3 Å². The van der Waals surface area contributed by atoms with Gasteiger partial charge in [0, 0.05) is 12.5 Å². The van der Waals surface area contributed by atoms with Crippen LogP contribution in [0.4, 0.5) is 0 Å². The van der Waals surface area contributed by atoms with Crippen LogP contribution in [0.15, 0.2) is 0 Å². The van der Waals surface area contributed by atoms with Gasteiger partial charge in [0.15, 0.2) is 0 Å². The summed E-state index contributed by atoms with van der Waals surface area (Å²) in [6.45, 7) is 0.317. The van der Waals surface area contributed by atoms with Crippen LogP contribution < -0.4 is 5.32 Å². The molecule has 0 aromatic carbocycles. The summed E-state index contributed by atoms with van der Waals surface area (Å²) < 4.78 is 0. The number of hydrogen-bond acceptors (Lipinski definition) is 2. The Kier molecular flexibility index (Phi) is 4.25. The van der Waals surface area contributed by atoms with Crippen LogP contribution in [0.2, 0.25) is 0 Å². The molecule has 0 aromatic heterocycles. The molecule has 18 heavy (non-hydrogen) atoms. The maximum Gasteiger partial charge on any atom is 0.311 e. The standard InChI is InChI=1S/C14H23NO3/c16-12(11-6-4-2-1-3-5-7-11)15-10-14(8-9-14)13(17)18/h11H,1-10H2,(H,15,16)(H,17,18). The first-order chi connectivity index (χ1) is 8.64. The topological polar surface area (TPSA) is 66.4 Å². The molecule has 2 fully saturated rings. The zero-order valence-electron chi connectivity index (χ0n) is 10.9. The number of amides is 1. The van der Waals surface area contributed by atoms with Crippen molar-refractivity contribution in [1.82, 2.24) is 5.32 Å². The van der Waals surface area contributed by atoms with Gasteiger partial charge in [-0.1, -0.05) is 32.1 Å². The molecule has 1 amide bonds. The van der Waals surface area contributed by atoms with E-state index in [1.807, 2.05) is 0 Å². The van der Waals surface area contributed by atoms with Crippen LogP contribution in [0.3, 0.4) is 0 Å². The average molecular weight is 253 g/mol. The smallest absolute Gasteiger partial charge is 0.311 e. The van der Waals surface area contributed by atoms with Gasteiger partial charge >= 0.3 is 5.97 Å². The van der Waals surface area contributed by atoms with E-state index < -0.39 is 11.4 Å². The molecular formula is C14H23NO3. The van der Waals surface area contributed by atoms with Crippen LogP contribution >= 0.6 is 0 Å². The molecule has 102 valence electrons. The second-order valence-corrected chi connectivity index (χ2v) is 5.85. The van der Waals surface area contributed by atoms with E-state index in [9.17, 15) is 9.59 Å². The molecule has 0 saturated heterocycles. The molecule has 2 rings (SSSR count). The van der Waals surface area contributed by atoms with E-state index in [-0.39, 0.29) is 11.8 Å². The first kappa shape index (κ1) is 13.4. The van der Waals surface area contributed by atoms with E-state index in [1.54, 1.807) is 0 Å². The highest BCUT2D eigenvalue weighted by Gasteiger charge is 2.50. The molecule has 2 saturated carbocycles. The molecular weight excluding hydrogens is 230 g/mol. The Morgan fingerprint density at radius 1 is 1.06 bits per heavy atom. The number of carbonyl (C=O) groups excluding carboxylic acids is 1. The maximum absolute atomic E-state index is 12.1. The van der Waals surface area contributed by atoms with Crippen LogP contribution in [0, 0.1) is 11.3 Å². The summed E-state index contributed by atoms with van der Waals surface area (Å²) in [6, 6.07) is 0. The van der Waals surface area contributed by atoms with Gasteiger partial charge in [-0.15, -0.1) is 0 Å². The van der Waals surface area contributed by atoms with Gasteiger partial charge in [-0.3, -0.25) is 9.59 Å². The summed E-state index contributed by atoms with van der Waals surface area (Å²) >= 11 is 0. The van der Waals surface area contributed by atoms with Gasteiger partial charge < -0.3 is 10.4 Å². The van der Waals surface area contributed by atoms with Gasteiger partial charge in [-0.05, 0) is 25.7 Å². The van der Waals surface area contributed by atoms with Gasteiger partial charge in [0.25, 0.3) is 0 Å². The predicted molar refractivity (Wildman–Crippen MR) is 68.1 cm³/mol. The first-order valence-electron chi connectivity index (χ1n) is 7.15. The third-order valence-corrected chi connectivity index (χ3v) is 4.38. The third kappa shape index (κ3) is 3.24. The highest BCUT2D eigenvalue weighted by Crippen LogP contribution is 2.45. The second kappa shape index (κ2) is 5.72. The van der Waals surface area contributed by atoms with Crippen molar-refractivity contribution in [3.63, 3.8) is 0 Å². The van der Waals surface area contributed by atoms with Crippen LogP contribution in [0.25, 0.3) is 0 Å². The van der Waals surface area contributed by atoms with E-state index in [2.05, 4.69) is 5.32 Å². The van der Waals surface area contributed by atoms with E-state index in [0.717, 1.165) is 25.7 Å². The molecule has 4 nitrogen and oxygen atoms in total. The zero-order valence-corrected chi connectivity index (χ0v) is 10.9. The maximum atomic E-state index is 12.1. The normalized spacial score (nSPS) is 23.8. The number of nitrogens with one attached hydrogen (secondary N) is 1. The molecule has 2 aliphatic carbocycles. The number of carboxylic acid groups (broad SMARTS) is 1. The SMILES string of the molecule is O=C(NCC1(C(=O)O)CC1)C1CCCCCCC1. The Morgan fingerprint density at radius 2 is 1.61 bits per heavy atom. The summed E-state index contributed by atoms with van der Waals surface area (Å²) in [4.78, 5) is 23.1. The van der Waals surface area contributed by atoms with Crippen molar-refractivity contribution in [2.75, 3.05) is 6.54 Å². The lowest BCUT2D eigenvalue weighted by molar-refractivity contribution is -0.143. The lowest BCUT2D eigenvalue weighted by Crippen LogP contribution is -2.38. The molecule has 0 aliphatic heterocycles. The van der Waals surface area contributed by atoms with Crippen molar-refractivity contribution in [1.29, 1.82) is 0 Å². The van der Waals surface area contributed by atoms with Crippen LogP contribution in [0.5, 0.6) is 0 Å². The third-order valence-electron chi connectivity index (χ3n) is 4.38. The number of aliphatic carboxylic acids is 1. The minimum Gasteiger partial charge on any atom is -0.481 e. The van der Waals surface area contributed by atoms with E-state index in [4.69, 9.17) is 5.11 Å². The minimum absolute atomic E-state index is 0.0735. The van der Waals surface area contributed by atoms with Crippen molar-refractivity contribution >= 4 is 11.9 Å². The minimum atomic E-state index is -0.763. The monoisotopic (exact) mass is 253 g/mol. The van der Waals surface area contributed by atoms with Gasteiger partial charge in [-0.2, -0.15) is 0 Å². The highest BCUT2D eigenvalue weighted by atomic mass is 16.4. The number of rotatable bonds is 4. The molecule has 2 aliphatic rings. The number of carbonyl (C=O) groups is 2. The van der Waals surface area contributed by atoms with Gasteiger partial charge in [-0.25, -0.2) is 0 Å². The molecule has 2 N–H and O–H groups in total. The molecule has 0 radical (unpaired) electrons. The summed E-state index contributed by atoms with van der Waals surface area (Å²) in [5.74, 6) is -0.584. The lowest BCUT2D eigenvalue weighted by atomic mass is 9.90. The van der Waals surface area contributed by atoms with Crippen LogP contribution in [-0.4, -0.2) is 23.5 Å². The summed E-state index contributed by atoms with van der Waals surface area (Å²) in [5, 5.41) is 11.9. The van der Waals surface area contributed by atoms with E-state index >= 15 is 0 Å². The van der Waals surface area contributed by atoms with Crippen molar-refractivity contribution in [3.05, 3.63) is 0 Å². The van der Waals surface area contributed by atoms with Gasteiger partial charge in [0.2, 0.25) is 5.91 Å². The van der Waals surface area contributed by atoms with Crippen LogP contribution in [-0.2, 0) is 9.59 Å². The van der Waals surface area contributed by atoms with Crippen LogP contribution in [0.1, 0.15) is 57.8 Å². The zero-order chi connectivity index (χ0) is 13.0. The van der Waals surface area contributed by atoms with E-state index in [0.29, 0.717) is 19.4 Å².